The van der Waals surface area contributed by atoms with E-state index in [-0.39, 0.29) is 17.3 Å². The smallest absolute Gasteiger partial charge is 0.272 e. The summed E-state index contributed by atoms with van der Waals surface area (Å²) in [4.78, 5) is 12.1. The minimum absolute atomic E-state index is 0.106. The van der Waals surface area contributed by atoms with E-state index in [1.807, 2.05) is 18.2 Å². The number of aryl methyl sites for hydroxylation is 1. The van der Waals surface area contributed by atoms with Crippen molar-refractivity contribution in [3.63, 3.8) is 0 Å². The maximum atomic E-state index is 12.1. The van der Waals surface area contributed by atoms with Crippen molar-refractivity contribution in [2.45, 2.75) is 17.8 Å². The predicted molar refractivity (Wildman–Crippen MR) is 73.2 cm³/mol. The minimum Gasteiger partial charge on any atom is -0.342 e. The number of carbonyl (C=O) groups is 1. The number of hydrogen-bond acceptors (Lipinski definition) is 2. The highest BCUT2D eigenvalue weighted by Gasteiger charge is 2.32. The Hall–Kier alpha value is -1.81. The standard InChI is InChI=1S/C14H14ClN3O/c1-18-7-6-12(17-18)14(19)16-13-10-5-3-2-4-9(10)8-11(13)15/h2-7,11,13H,8H2,1H3,(H,16,19). The van der Waals surface area contributed by atoms with Crippen LogP contribution in [0.5, 0.6) is 0 Å². The number of halogens is 1. The molecule has 19 heavy (non-hydrogen) atoms. The van der Waals surface area contributed by atoms with Gasteiger partial charge in [0, 0.05) is 13.2 Å². The van der Waals surface area contributed by atoms with Gasteiger partial charge in [-0.2, -0.15) is 5.10 Å². The Bertz CT molecular complexity index is 623. The molecule has 1 aromatic heterocycles. The summed E-state index contributed by atoms with van der Waals surface area (Å²) in [6.45, 7) is 0. The van der Waals surface area contributed by atoms with Gasteiger partial charge in [0.15, 0.2) is 0 Å². The second kappa shape index (κ2) is 4.70. The van der Waals surface area contributed by atoms with Crippen molar-refractivity contribution in [2.75, 3.05) is 0 Å². The van der Waals surface area contributed by atoms with E-state index >= 15 is 0 Å². The minimum atomic E-state index is -0.187. The highest BCUT2D eigenvalue weighted by Crippen LogP contribution is 2.34. The third kappa shape index (κ3) is 2.24. The third-order valence-electron chi connectivity index (χ3n) is 3.40. The van der Waals surface area contributed by atoms with Crippen LogP contribution in [0.1, 0.15) is 27.7 Å². The molecule has 1 aliphatic carbocycles. The molecule has 98 valence electrons. The molecule has 2 unspecified atom stereocenters. The van der Waals surface area contributed by atoms with Gasteiger partial charge in [-0.3, -0.25) is 9.48 Å². The lowest BCUT2D eigenvalue weighted by molar-refractivity contribution is 0.0931. The number of fused-ring (bicyclic) bond motifs is 1. The number of hydrogen-bond donors (Lipinski definition) is 1. The van der Waals surface area contributed by atoms with E-state index in [9.17, 15) is 4.79 Å². The lowest BCUT2D eigenvalue weighted by atomic mass is 10.1. The van der Waals surface area contributed by atoms with Crippen molar-refractivity contribution in [3.05, 3.63) is 53.3 Å². The van der Waals surface area contributed by atoms with E-state index in [2.05, 4.69) is 16.5 Å². The third-order valence-corrected chi connectivity index (χ3v) is 3.81. The number of amides is 1. The van der Waals surface area contributed by atoms with Crippen LogP contribution < -0.4 is 5.32 Å². The first kappa shape index (κ1) is 12.2. The number of alkyl halides is 1. The van der Waals surface area contributed by atoms with Gasteiger partial charge in [-0.15, -0.1) is 11.6 Å². The summed E-state index contributed by atoms with van der Waals surface area (Å²) in [5, 5.41) is 6.96. The fourth-order valence-electron chi connectivity index (χ4n) is 2.47. The molecular formula is C14H14ClN3O. The summed E-state index contributed by atoms with van der Waals surface area (Å²) in [6, 6.07) is 9.57. The van der Waals surface area contributed by atoms with Crippen LogP contribution in [-0.4, -0.2) is 21.1 Å². The van der Waals surface area contributed by atoms with Gasteiger partial charge in [0.1, 0.15) is 5.69 Å². The molecule has 1 N–H and O–H groups in total. The van der Waals surface area contributed by atoms with Crippen LogP contribution in [0.2, 0.25) is 0 Å². The lowest BCUT2D eigenvalue weighted by Gasteiger charge is -2.16. The Balaban J connectivity index is 1.82. The molecule has 2 aromatic rings. The average molecular weight is 276 g/mol. The topological polar surface area (TPSA) is 46.9 Å². The number of carbonyl (C=O) groups excluding carboxylic acids is 1. The zero-order valence-corrected chi connectivity index (χ0v) is 11.3. The van der Waals surface area contributed by atoms with Crippen molar-refractivity contribution >= 4 is 17.5 Å². The van der Waals surface area contributed by atoms with E-state index in [4.69, 9.17) is 11.6 Å². The zero-order valence-electron chi connectivity index (χ0n) is 10.5. The molecule has 3 rings (SSSR count). The van der Waals surface area contributed by atoms with Crippen LogP contribution >= 0.6 is 11.6 Å². The van der Waals surface area contributed by atoms with E-state index in [0.717, 1.165) is 12.0 Å². The van der Waals surface area contributed by atoms with E-state index < -0.39 is 0 Å². The molecule has 1 amide bonds. The van der Waals surface area contributed by atoms with E-state index in [0.29, 0.717) is 5.69 Å². The summed E-state index contributed by atoms with van der Waals surface area (Å²) < 4.78 is 1.61. The molecule has 0 bridgehead atoms. The Kier molecular flexibility index (Phi) is 3.03. The molecule has 0 saturated heterocycles. The second-order valence-electron chi connectivity index (χ2n) is 4.74. The Morgan fingerprint density at radius 1 is 1.42 bits per heavy atom. The van der Waals surface area contributed by atoms with Crippen LogP contribution in [0, 0.1) is 0 Å². The molecule has 1 aliphatic rings. The summed E-state index contributed by atoms with van der Waals surface area (Å²) in [7, 11) is 1.78. The van der Waals surface area contributed by atoms with Gasteiger partial charge >= 0.3 is 0 Å². The van der Waals surface area contributed by atoms with Crippen LogP contribution in [0.4, 0.5) is 0 Å². The molecule has 4 nitrogen and oxygen atoms in total. The van der Waals surface area contributed by atoms with Gasteiger partial charge in [0.25, 0.3) is 5.91 Å². The maximum absolute atomic E-state index is 12.1. The fraction of sp³-hybridized carbons (Fsp3) is 0.286. The summed E-state index contributed by atoms with van der Waals surface area (Å²) >= 11 is 6.34. The highest BCUT2D eigenvalue weighted by molar-refractivity contribution is 6.21. The Morgan fingerprint density at radius 3 is 2.95 bits per heavy atom. The summed E-state index contributed by atoms with van der Waals surface area (Å²) in [6.07, 6.45) is 2.53. The first-order valence-corrected chi connectivity index (χ1v) is 6.61. The monoisotopic (exact) mass is 275 g/mol. The zero-order chi connectivity index (χ0) is 13.4. The van der Waals surface area contributed by atoms with Crippen LogP contribution in [0.15, 0.2) is 36.5 Å². The fourth-order valence-corrected chi connectivity index (χ4v) is 2.83. The molecule has 0 fully saturated rings. The van der Waals surface area contributed by atoms with Crippen LogP contribution in [0.3, 0.4) is 0 Å². The number of aromatic nitrogens is 2. The summed E-state index contributed by atoms with van der Waals surface area (Å²) in [5.74, 6) is -0.187. The predicted octanol–water partition coefficient (Wildman–Crippen LogP) is 2.05. The van der Waals surface area contributed by atoms with Crippen LogP contribution in [0.25, 0.3) is 0 Å². The van der Waals surface area contributed by atoms with Crippen molar-refractivity contribution in [2.24, 2.45) is 7.05 Å². The van der Waals surface area contributed by atoms with Crippen molar-refractivity contribution in [1.82, 2.24) is 15.1 Å². The Labute approximate surface area is 116 Å². The first-order chi connectivity index (χ1) is 9.15. The van der Waals surface area contributed by atoms with Gasteiger partial charge in [0.2, 0.25) is 0 Å². The number of rotatable bonds is 2. The number of nitrogens with zero attached hydrogens (tertiary/aromatic N) is 2. The summed E-state index contributed by atoms with van der Waals surface area (Å²) in [5.41, 5.74) is 2.72. The average Bonchev–Trinajstić information content (AvgIpc) is 2.95. The molecule has 0 radical (unpaired) electrons. The molecule has 2 atom stereocenters. The van der Waals surface area contributed by atoms with E-state index in [1.165, 1.54) is 5.56 Å². The van der Waals surface area contributed by atoms with Gasteiger partial charge in [-0.25, -0.2) is 0 Å². The molecule has 0 saturated carbocycles. The molecule has 1 aromatic carbocycles. The molecule has 5 heteroatoms. The maximum Gasteiger partial charge on any atom is 0.272 e. The molecule has 1 heterocycles. The van der Waals surface area contributed by atoms with Gasteiger partial charge in [0.05, 0.1) is 11.4 Å². The van der Waals surface area contributed by atoms with Gasteiger partial charge < -0.3 is 5.32 Å². The largest absolute Gasteiger partial charge is 0.342 e. The molecule has 0 aliphatic heterocycles. The van der Waals surface area contributed by atoms with E-state index in [1.54, 1.807) is 24.0 Å². The lowest BCUT2D eigenvalue weighted by Crippen LogP contribution is -2.32. The quantitative estimate of drug-likeness (QED) is 0.853. The van der Waals surface area contributed by atoms with Crippen molar-refractivity contribution in [1.29, 1.82) is 0 Å². The second-order valence-corrected chi connectivity index (χ2v) is 5.31. The first-order valence-electron chi connectivity index (χ1n) is 6.17. The highest BCUT2D eigenvalue weighted by atomic mass is 35.5. The number of nitrogens with one attached hydrogen (secondary N) is 1. The molecular weight excluding hydrogens is 262 g/mol. The van der Waals surface area contributed by atoms with Crippen molar-refractivity contribution in [3.8, 4) is 0 Å². The number of benzene rings is 1. The van der Waals surface area contributed by atoms with Crippen LogP contribution in [-0.2, 0) is 13.5 Å². The van der Waals surface area contributed by atoms with Gasteiger partial charge in [-0.05, 0) is 23.6 Å². The SMILES string of the molecule is Cn1ccc(C(=O)NC2c3ccccc3CC2Cl)n1. The molecule has 0 spiro atoms. The normalized spacial score (nSPS) is 21.2. The Morgan fingerprint density at radius 2 is 2.21 bits per heavy atom. The van der Waals surface area contributed by atoms with Crippen molar-refractivity contribution < 1.29 is 4.79 Å². The van der Waals surface area contributed by atoms with Gasteiger partial charge in [-0.1, -0.05) is 24.3 Å².